The Morgan fingerprint density at radius 3 is 2.29 bits per heavy atom. The van der Waals surface area contributed by atoms with Crippen molar-refractivity contribution in [3.63, 3.8) is 0 Å². The number of fused-ring (bicyclic) bond motifs is 1. The summed E-state index contributed by atoms with van der Waals surface area (Å²) in [7, 11) is 0. The quantitative estimate of drug-likeness (QED) is 0.335. The number of halogens is 1. The predicted octanol–water partition coefficient (Wildman–Crippen LogP) is 6.03. The molecular weight excluding hydrogens is 410 g/mol. The standard InChI is InChI=1S/C26H22ClNO3/c1-18(29)31-26-17-28-25(23-4-2-3-5-24(23)26)16-20-8-12-22(13-9-20)30-15-14-19-6-10-21(27)11-7-19/h2-13,17H,14-16H2,1H3. The summed E-state index contributed by atoms with van der Waals surface area (Å²) in [5.41, 5.74) is 3.25. The van der Waals surface area contributed by atoms with Gasteiger partial charge in [-0.05, 0) is 35.4 Å². The minimum absolute atomic E-state index is 0.355. The van der Waals surface area contributed by atoms with Gasteiger partial charge in [0.2, 0.25) is 0 Å². The van der Waals surface area contributed by atoms with Crippen molar-refractivity contribution in [2.45, 2.75) is 19.8 Å². The third kappa shape index (κ3) is 5.41. The third-order valence-corrected chi connectivity index (χ3v) is 5.21. The van der Waals surface area contributed by atoms with E-state index < -0.39 is 0 Å². The molecule has 0 radical (unpaired) electrons. The topological polar surface area (TPSA) is 48.4 Å². The summed E-state index contributed by atoms with van der Waals surface area (Å²) >= 11 is 5.92. The van der Waals surface area contributed by atoms with E-state index in [-0.39, 0.29) is 5.97 Å². The van der Waals surface area contributed by atoms with Gasteiger partial charge in [0.25, 0.3) is 0 Å². The normalized spacial score (nSPS) is 10.8. The maximum Gasteiger partial charge on any atom is 0.308 e. The number of pyridine rings is 1. The van der Waals surface area contributed by atoms with Crippen LogP contribution in [-0.4, -0.2) is 17.6 Å². The summed E-state index contributed by atoms with van der Waals surface area (Å²) in [6.07, 6.45) is 3.11. The molecule has 0 bridgehead atoms. The number of benzene rings is 3. The van der Waals surface area contributed by atoms with E-state index in [0.717, 1.165) is 39.2 Å². The van der Waals surface area contributed by atoms with Gasteiger partial charge in [0, 0.05) is 35.6 Å². The number of hydrogen-bond acceptors (Lipinski definition) is 4. The van der Waals surface area contributed by atoms with Crippen molar-refractivity contribution in [3.05, 3.63) is 101 Å². The van der Waals surface area contributed by atoms with Crippen LogP contribution in [0.25, 0.3) is 10.8 Å². The highest BCUT2D eigenvalue weighted by Crippen LogP contribution is 2.28. The number of carbonyl (C=O) groups is 1. The third-order valence-electron chi connectivity index (χ3n) is 4.96. The predicted molar refractivity (Wildman–Crippen MR) is 123 cm³/mol. The zero-order chi connectivity index (χ0) is 21.6. The smallest absolute Gasteiger partial charge is 0.308 e. The summed E-state index contributed by atoms with van der Waals surface area (Å²) in [6.45, 7) is 1.99. The molecule has 5 heteroatoms. The molecule has 0 aliphatic rings. The molecule has 0 N–H and O–H groups in total. The second kappa shape index (κ2) is 9.63. The van der Waals surface area contributed by atoms with Crippen molar-refractivity contribution in [1.29, 1.82) is 0 Å². The lowest BCUT2D eigenvalue weighted by molar-refractivity contribution is -0.131. The SMILES string of the molecule is CC(=O)Oc1cnc(Cc2ccc(OCCc3ccc(Cl)cc3)cc2)c2ccccc12. The van der Waals surface area contributed by atoms with E-state index in [4.69, 9.17) is 21.1 Å². The monoisotopic (exact) mass is 431 g/mol. The molecule has 0 aliphatic heterocycles. The lowest BCUT2D eigenvalue weighted by Gasteiger charge is -2.11. The van der Waals surface area contributed by atoms with Crippen LogP contribution < -0.4 is 9.47 Å². The van der Waals surface area contributed by atoms with Crippen molar-refractivity contribution in [2.24, 2.45) is 0 Å². The highest BCUT2D eigenvalue weighted by Gasteiger charge is 2.10. The molecule has 4 nitrogen and oxygen atoms in total. The summed E-state index contributed by atoms with van der Waals surface area (Å²) in [4.78, 5) is 15.9. The summed E-state index contributed by atoms with van der Waals surface area (Å²) in [5.74, 6) is 0.961. The van der Waals surface area contributed by atoms with Gasteiger partial charge in [0.05, 0.1) is 18.5 Å². The maximum atomic E-state index is 11.4. The summed E-state index contributed by atoms with van der Waals surface area (Å²) < 4.78 is 11.2. The molecule has 0 spiro atoms. The van der Waals surface area contributed by atoms with Gasteiger partial charge in [0.15, 0.2) is 5.75 Å². The van der Waals surface area contributed by atoms with Crippen LogP contribution in [0.1, 0.15) is 23.7 Å². The van der Waals surface area contributed by atoms with Gasteiger partial charge >= 0.3 is 5.97 Å². The van der Waals surface area contributed by atoms with Gasteiger partial charge in [-0.1, -0.05) is 60.1 Å². The van der Waals surface area contributed by atoms with Crippen LogP contribution in [0.5, 0.6) is 11.5 Å². The average Bonchev–Trinajstić information content (AvgIpc) is 2.78. The number of aromatic nitrogens is 1. The molecule has 0 saturated carbocycles. The minimum Gasteiger partial charge on any atom is -0.493 e. The molecule has 0 saturated heterocycles. The molecule has 1 aromatic heterocycles. The van der Waals surface area contributed by atoms with Crippen LogP contribution in [-0.2, 0) is 17.6 Å². The Balaban J connectivity index is 1.42. The Labute approximate surface area is 186 Å². The lowest BCUT2D eigenvalue weighted by atomic mass is 10.0. The molecule has 4 rings (SSSR count). The van der Waals surface area contributed by atoms with Crippen LogP contribution in [0.2, 0.25) is 5.02 Å². The van der Waals surface area contributed by atoms with Gasteiger partial charge in [-0.2, -0.15) is 0 Å². The number of esters is 1. The first kappa shape index (κ1) is 20.9. The van der Waals surface area contributed by atoms with Gasteiger partial charge in [-0.15, -0.1) is 0 Å². The highest BCUT2D eigenvalue weighted by atomic mass is 35.5. The molecule has 0 amide bonds. The van der Waals surface area contributed by atoms with E-state index in [1.54, 1.807) is 6.20 Å². The van der Waals surface area contributed by atoms with Crippen molar-refractivity contribution >= 4 is 28.3 Å². The number of nitrogens with zero attached hydrogens (tertiary/aromatic N) is 1. The molecule has 4 aromatic rings. The Morgan fingerprint density at radius 2 is 1.58 bits per heavy atom. The minimum atomic E-state index is -0.355. The van der Waals surface area contributed by atoms with Crippen molar-refractivity contribution < 1.29 is 14.3 Å². The van der Waals surface area contributed by atoms with Gasteiger partial charge in [-0.3, -0.25) is 9.78 Å². The fourth-order valence-electron chi connectivity index (χ4n) is 3.44. The fraction of sp³-hybridized carbons (Fsp3) is 0.154. The van der Waals surface area contributed by atoms with E-state index in [2.05, 4.69) is 4.98 Å². The van der Waals surface area contributed by atoms with Crippen LogP contribution in [0.4, 0.5) is 0 Å². The van der Waals surface area contributed by atoms with Crippen LogP contribution >= 0.6 is 11.6 Å². The number of rotatable bonds is 7. The fourth-order valence-corrected chi connectivity index (χ4v) is 3.56. The van der Waals surface area contributed by atoms with Crippen LogP contribution in [0, 0.1) is 0 Å². The highest BCUT2D eigenvalue weighted by molar-refractivity contribution is 6.30. The zero-order valence-electron chi connectivity index (χ0n) is 17.2. The number of ether oxygens (including phenoxy) is 2. The average molecular weight is 432 g/mol. The van der Waals surface area contributed by atoms with Gasteiger partial charge in [0.1, 0.15) is 5.75 Å². The number of hydrogen-bond donors (Lipinski definition) is 0. The molecule has 0 fully saturated rings. The van der Waals surface area contributed by atoms with E-state index >= 15 is 0 Å². The Hall–Kier alpha value is -3.37. The molecule has 31 heavy (non-hydrogen) atoms. The Morgan fingerprint density at radius 1 is 0.903 bits per heavy atom. The number of carbonyl (C=O) groups excluding carboxylic acids is 1. The summed E-state index contributed by atoms with van der Waals surface area (Å²) in [5, 5.41) is 2.60. The van der Waals surface area contributed by atoms with Crippen molar-refractivity contribution in [2.75, 3.05) is 6.61 Å². The Bertz CT molecular complexity index is 1190. The van der Waals surface area contributed by atoms with Gasteiger partial charge < -0.3 is 9.47 Å². The first-order chi connectivity index (χ1) is 15.1. The first-order valence-corrected chi connectivity index (χ1v) is 10.5. The lowest BCUT2D eigenvalue weighted by Crippen LogP contribution is -2.04. The molecule has 156 valence electrons. The molecule has 1 heterocycles. The van der Waals surface area contributed by atoms with E-state index in [0.29, 0.717) is 18.8 Å². The van der Waals surface area contributed by atoms with Crippen LogP contribution in [0.3, 0.4) is 0 Å². The Kier molecular flexibility index (Phi) is 6.48. The largest absolute Gasteiger partial charge is 0.493 e. The van der Waals surface area contributed by atoms with E-state index in [1.165, 1.54) is 12.5 Å². The van der Waals surface area contributed by atoms with Crippen LogP contribution in [0.15, 0.2) is 79.0 Å². The molecule has 0 unspecified atom stereocenters. The first-order valence-electron chi connectivity index (χ1n) is 10.1. The molecule has 0 atom stereocenters. The van der Waals surface area contributed by atoms with E-state index in [1.807, 2.05) is 72.8 Å². The summed E-state index contributed by atoms with van der Waals surface area (Å²) in [6, 6.07) is 23.7. The van der Waals surface area contributed by atoms with Crippen molar-refractivity contribution in [3.8, 4) is 11.5 Å². The second-order valence-electron chi connectivity index (χ2n) is 7.25. The van der Waals surface area contributed by atoms with Crippen molar-refractivity contribution in [1.82, 2.24) is 4.98 Å². The maximum absolute atomic E-state index is 11.4. The molecule has 3 aromatic carbocycles. The zero-order valence-corrected chi connectivity index (χ0v) is 17.9. The molecular formula is C26H22ClNO3. The van der Waals surface area contributed by atoms with Gasteiger partial charge in [-0.25, -0.2) is 0 Å². The molecule has 0 aliphatic carbocycles. The van der Waals surface area contributed by atoms with E-state index in [9.17, 15) is 4.79 Å². The second-order valence-corrected chi connectivity index (χ2v) is 7.69.